The van der Waals surface area contributed by atoms with Gasteiger partial charge in [0.25, 0.3) is 0 Å². The lowest BCUT2D eigenvalue weighted by atomic mass is 10.2. The van der Waals surface area contributed by atoms with Gasteiger partial charge < -0.3 is 15.5 Å². The Kier molecular flexibility index (Phi) is 3.75. The van der Waals surface area contributed by atoms with Gasteiger partial charge in [0.15, 0.2) is 0 Å². The fourth-order valence-corrected chi connectivity index (χ4v) is 2.05. The van der Waals surface area contributed by atoms with E-state index >= 15 is 0 Å². The molecular formula is C14H21N3O. The first-order valence-corrected chi connectivity index (χ1v) is 6.48. The van der Waals surface area contributed by atoms with Crippen LogP contribution in [-0.2, 0) is 4.79 Å². The number of likely N-dealkylation sites (N-methyl/N-ethyl adjacent to an activating group) is 2. The zero-order chi connectivity index (χ0) is 13.1. The van der Waals surface area contributed by atoms with E-state index in [0.717, 1.165) is 30.8 Å². The number of benzene rings is 1. The van der Waals surface area contributed by atoms with Gasteiger partial charge in [-0.15, -0.1) is 0 Å². The van der Waals surface area contributed by atoms with E-state index in [1.54, 1.807) is 0 Å². The molecule has 1 aromatic carbocycles. The summed E-state index contributed by atoms with van der Waals surface area (Å²) in [6.07, 6.45) is 2.29. The van der Waals surface area contributed by atoms with E-state index in [0.29, 0.717) is 12.6 Å². The molecule has 0 atom stereocenters. The minimum atomic E-state index is 0.182. The molecule has 2 N–H and O–H groups in total. The summed E-state index contributed by atoms with van der Waals surface area (Å²) in [7, 11) is 1.90. The minimum absolute atomic E-state index is 0.182. The minimum Gasteiger partial charge on any atom is -0.399 e. The second-order valence-electron chi connectivity index (χ2n) is 4.84. The highest BCUT2D eigenvalue weighted by Crippen LogP contribution is 2.26. The van der Waals surface area contributed by atoms with Crippen LogP contribution in [0, 0.1) is 0 Å². The first-order valence-electron chi connectivity index (χ1n) is 6.48. The number of carbonyl (C=O) groups is 1. The molecule has 1 saturated carbocycles. The SMILES string of the molecule is CCN(CC(=O)N(C)C1CC1)c1cccc(N)c1. The topological polar surface area (TPSA) is 49.6 Å². The Balaban J connectivity index is 2.02. The van der Waals surface area contributed by atoms with Crippen molar-refractivity contribution in [3.8, 4) is 0 Å². The van der Waals surface area contributed by atoms with Gasteiger partial charge in [0.1, 0.15) is 0 Å². The first-order chi connectivity index (χ1) is 8.61. The molecule has 0 aliphatic heterocycles. The third-order valence-corrected chi connectivity index (χ3v) is 3.43. The van der Waals surface area contributed by atoms with Crippen molar-refractivity contribution in [1.29, 1.82) is 0 Å². The average Bonchev–Trinajstić information content (AvgIpc) is 3.18. The van der Waals surface area contributed by atoms with Crippen LogP contribution in [0.5, 0.6) is 0 Å². The Morgan fingerprint density at radius 1 is 1.44 bits per heavy atom. The Bertz CT molecular complexity index is 429. The van der Waals surface area contributed by atoms with Gasteiger partial charge in [-0.3, -0.25) is 4.79 Å². The summed E-state index contributed by atoms with van der Waals surface area (Å²) in [6.45, 7) is 3.27. The van der Waals surface area contributed by atoms with Crippen molar-refractivity contribution in [1.82, 2.24) is 4.90 Å². The summed E-state index contributed by atoms with van der Waals surface area (Å²) < 4.78 is 0. The number of nitrogens with zero attached hydrogens (tertiary/aromatic N) is 2. The van der Waals surface area contributed by atoms with Gasteiger partial charge in [0, 0.05) is 31.0 Å². The van der Waals surface area contributed by atoms with Crippen LogP contribution >= 0.6 is 0 Å². The fraction of sp³-hybridized carbons (Fsp3) is 0.500. The zero-order valence-corrected chi connectivity index (χ0v) is 11.1. The maximum absolute atomic E-state index is 12.1. The summed E-state index contributed by atoms with van der Waals surface area (Å²) in [6, 6.07) is 8.15. The number of nitrogens with two attached hydrogens (primary N) is 1. The smallest absolute Gasteiger partial charge is 0.242 e. The number of nitrogen functional groups attached to an aromatic ring is 1. The molecular weight excluding hydrogens is 226 g/mol. The molecule has 1 fully saturated rings. The zero-order valence-electron chi connectivity index (χ0n) is 11.1. The molecule has 0 radical (unpaired) electrons. The van der Waals surface area contributed by atoms with E-state index in [1.165, 1.54) is 0 Å². The van der Waals surface area contributed by atoms with Crippen molar-refractivity contribution >= 4 is 17.3 Å². The summed E-state index contributed by atoms with van der Waals surface area (Å²) in [5.74, 6) is 0.182. The van der Waals surface area contributed by atoms with Gasteiger partial charge in [0.2, 0.25) is 5.91 Å². The van der Waals surface area contributed by atoms with Crippen LogP contribution in [-0.4, -0.2) is 37.0 Å². The number of hydrogen-bond donors (Lipinski definition) is 1. The lowest BCUT2D eigenvalue weighted by Crippen LogP contribution is -2.39. The molecule has 0 spiro atoms. The average molecular weight is 247 g/mol. The molecule has 1 aliphatic carbocycles. The molecule has 2 rings (SSSR count). The van der Waals surface area contributed by atoms with Crippen molar-refractivity contribution < 1.29 is 4.79 Å². The normalized spacial score (nSPS) is 14.3. The highest BCUT2D eigenvalue weighted by molar-refractivity contribution is 5.82. The number of anilines is 2. The number of hydrogen-bond acceptors (Lipinski definition) is 3. The van der Waals surface area contributed by atoms with E-state index in [9.17, 15) is 4.79 Å². The lowest BCUT2D eigenvalue weighted by Gasteiger charge is -2.26. The maximum Gasteiger partial charge on any atom is 0.242 e. The molecule has 18 heavy (non-hydrogen) atoms. The second kappa shape index (κ2) is 5.29. The van der Waals surface area contributed by atoms with Crippen LogP contribution in [0.2, 0.25) is 0 Å². The molecule has 4 nitrogen and oxygen atoms in total. The quantitative estimate of drug-likeness (QED) is 0.806. The van der Waals surface area contributed by atoms with Crippen LogP contribution in [0.3, 0.4) is 0 Å². The summed E-state index contributed by atoms with van der Waals surface area (Å²) in [5.41, 5.74) is 7.52. The fourth-order valence-electron chi connectivity index (χ4n) is 2.05. The maximum atomic E-state index is 12.1. The van der Waals surface area contributed by atoms with E-state index in [2.05, 4.69) is 4.90 Å². The monoisotopic (exact) mass is 247 g/mol. The van der Waals surface area contributed by atoms with Crippen molar-refractivity contribution in [2.24, 2.45) is 0 Å². The summed E-state index contributed by atoms with van der Waals surface area (Å²) in [4.78, 5) is 16.0. The van der Waals surface area contributed by atoms with Gasteiger partial charge in [-0.25, -0.2) is 0 Å². The molecule has 1 aromatic rings. The van der Waals surface area contributed by atoms with Crippen LogP contribution < -0.4 is 10.6 Å². The van der Waals surface area contributed by atoms with Crippen molar-refractivity contribution in [2.45, 2.75) is 25.8 Å². The molecule has 0 unspecified atom stereocenters. The standard InChI is InChI=1S/C14H21N3O/c1-3-17(13-6-4-5-11(15)9-13)10-14(18)16(2)12-7-8-12/h4-6,9,12H,3,7-8,10,15H2,1-2H3. The van der Waals surface area contributed by atoms with Crippen LogP contribution in [0.25, 0.3) is 0 Å². The van der Waals surface area contributed by atoms with Crippen LogP contribution in [0.1, 0.15) is 19.8 Å². The predicted molar refractivity (Wildman–Crippen MR) is 74.5 cm³/mol. The van der Waals surface area contributed by atoms with E-state index in [-0.39, 0.29) is 5.91 Å². The lowest BCUT2D eigenvalue weighted by molar-refractivity contribution is -0.128. The van der Waals surface area contributed by atoms with E-state index < -0.39 is 0 Å². The Morgan fingerprint density at radius 3 is 2.72 bits per heavy atom. The van der Waals surface area contributed by atoms with Crippen molar-refractivity contribution in [3.05, 3.63) is 24.3 Å². The second-order valence-corrected chi connectivity index (χ2v) is 4.84. The number of rotatable bonds is 5. The highest BCUT2D eigenvalue weighted by Gasteiger charge is 2.29. The van der Waals surface area contributed by atoms with Crippen molar-refractivity contribution in [2.75, 3.05) is 30.8 Å². The van der Waals surface area contributed by atoms with Gasteiger partial charge in [-0.1, -0.05) is 6.07 Å². The Morgan fingerprint density at radius 2 is 2.17 bits per heavy atom. The molecule has 1 amide bonds. The summed E-state index contributed by atoms with van der Waals surface area (Å²) in [5, 5.41) is 0. The number of carbonyl (C=O) groups excluding carboxylic acids is 1. The summed E-state index contributed by atoms with van der Waals surface area (Å²) >= 11 is 0. The molecule has 0 aromatic heterocycles. The van der Waals surface area contributed by atoms with Gasteiger partial charge in [-0.2, -0.15) is 0 Å². The molecule has 0 saturated heterocycles. The van der Waals surface area contributed by atoms with E-state index in [1.807, 2.05) is 43.1 Å². The first kappa shape index (κ1) is 12.7. The Labute approximate surface area is 108 Å². The highest BCUT2D eigenvalue weighted by atomic mass is 16.2. The predicted octanol–water partition coefficient (Wildman–Crippen LogP) is 1.72. The van der Waals surface area contributed by atoms with Gasteiger partial charge in [0.05, 0.1) is 6.54 Å². The third-order valence-electron chi connectivity index (χ3n) is 3.43. The van der Waals surface area contributed by atoms with Crippen LogP contribution in [0.15, 0.2) is 24.3 Å². The van der Waals surface area contributed by atoms with Gasteiger partial charge >= 0.3 is 0 Å². The van der Waals surface area contributed by atoms with Gasteiger partial charge in [-0.05, 0) is 38.0 Å². The molecule has 0 heterocycles. The largest absolute Gasteiger partial charge is 0.399 e. The molecule has 4 heteroatoms. The van der Waals surface area contributed by atoms with E-state index in [4.69, 9.17) is 5.73 Å². The Hall–Kier alpha value is -1.71. The molecule has 98 valence electrons. The molecule has 0 bridgehead atoms. The number of amides is 1. The van der Waals surface area contributed by atoms with Crippen LogP contribution in [0.4, 0.5) is 11.4 Å². The van der Waals surface area contributed by atoms with Crippen molar-refractivity contribution in [3.63, 3.8) is 0 Å². The third kappa shape index (κ3) is 2.94. The molecule has 1 aliphatic rings.